The molecule has 0 saturated carbocycles. The van der Waals surface area contributed by atoms with Crippen LogP contribution in [0.3, 0.4) is 0 Å². The van der Waals surface area contributed by atoms with E-state index < -0.39 is 0 Å². The summed E-state index contributed by atoms with van der Waals surface area (Å²) in [4.78, 5) is 13.3. The summed E-state index contributed by atoms with van der Waals surface area (Å²) in [6.45, 7) is 0. The van der Waals surface area contributed by atoms with E-state index >= 15 is 0 Å². The minimum atomic E-state index is -0.294. The Morgan fingerprint density at radius 2 is 1.62 bits per heavy atom. The van der Waals surface area contributed by atoms with Crippen molar-refractivity contribution in [2.45, 2.75) is 0 Å². The van der Waals surface area contributed by atoms with Crippen LogP contribution in [0.5, 0.6) is 17.2 Å². The zero-order chi connectivity index (χ0) is 22.5. The SMILES string of the molecule is COc1cccc(-c2nn(-c3ccccc3)cc2C(=O)Nc2ccc(OC)c(OC)c2)c1. The largest absolute Gasteiger partial charge is 0.497 e. The van der Waals surface area contributed by atoms with Crippen LogP contribution in [0, 0.1) is 0 Å². The molecule has 7 nitrogen and oxygen atoms in total. The van der Waals surface area contributed by atoms with Crippen molar-refractivity contribution in [3.8, 4) is 34.2 Å². The minimum absolute atomic E-state index is 0.294. The zero-order valence-corrected chi connectivity index (χ0v) is 18.0. The van der Waals surface area contributed by atoms with E-state index in [-0.39, 0.29) is 5.91 Å². The fourth-order valence-electron chi connectivity index (χ4n) is 3.35. The zero-order valence-electron chi connectivity index (χ0n) is 18.0. The van der Waals surface area contributed by atoms with Crippen molar-refractivity contribution in [2.75, 3.05) is 26.6 Å². The lowest BCUT2D eigenvalue weighted by Gasteiger charge is -2.10. The second kappa shape index (κ2) is 9.26. The molecule has 1 amide bonds. The number of carbonyl (C=O) groups is 1. The average molecular weight is 429 g/mol. The van der Waals surface area contributed by atoms with E-state index in [0.29, 0.717) is 34.2 Å². The molecule has 4 aromatic rings. The standard InChI is InChI=1S/C25H23N3O4/c1-30-20-11-7-8-17(14-20)24-21(16-28(27-24)19-9-5-4-6-10-19)25(29)26-18-12-13-22(31-2)23(15-18)32-3/h4-16H,1-3H3,(H,26,29). The summed E-state index contributed by atoms with van der Waals surface area (Å²) >= 11 is 0. The van der Waals surface area contributed by atoms with E-state index in [9.17, 15) is 4.79 Å². The predicted octanol–water partition coefficient (Wildman–Crippen LogP) is 4.82. The first-order valence-corrected chi connectivity index (χ1v) is 9.96. The Labute approximate surface area is 186 Å². The molecular formula is C25H23N3O4. The van der Waals surface area contributed by atoms with Gasteiger partial charge in [0.25, 0.3) is 5.91 Å². The molecule has 0 aliphatic heterocycles. The molecule has 0 spiro atoms. The number of amides is 1. The fraction of sp³-hybridized carbons (Fsp3) is 0.120. The number of rotatable bonds is 7. The van der Waals surface area contributed by atoms with Crippen LogP contribution < -0.4 is 19.5 Å². The molecule has 0 unspecified atom stereocenters. The quantitative estimate of drug-likeness (QED) is 0.456. The van der Waals surface area contributed by atoms with Crippen LogP contribution in [0.2, 0.25) is 0 Å². The number of para-hydroxylation sites is 1. The maximum atomic E-state index is 13.3. The molecule has 0 aliphatic carbocycles. The number of methoxy groups -OCH3 is 3. The number of benzene rings is 3. The van der Waals surface area contributed by atoms with Crippen LogP contribution >= 0.6 is 0 Å². The van der Waals surface area contributed by atoms with Crippen LogP contribution in [-0.4, -0.2) is 37.0 Å². The number of ether oxygens (including phenoxy) is 3. The summed E-state index contributed by atoms with van der Waals surface area (Å²) in [6.07, 6.45) is 1.72. The van der Waals surface area contributed by atoms with Crippen molar-refractivity contribution in [3.05, 3.63) is 84.6 Å². The van der Waals surface area contributed by atoms with Gasteiger partial charge in [0.2, 0.25) is 0 Å². The molecule has 1 N–H and O–H groups in total. The van der Waals surface area contributed by atoms with Crippen LogP contribution in [0.15, 0.2) is 79.0 Å². The molecule has 3 aromatic carbocycles. The molecule has 7 heteroatoms. The van der Waals surface area contributed by atoms with Gasteiger partial charge in [0.15, 0.2) is 11.5 Å². The summed E-state index contributed by atoms with van der Waals surface area (Å²) in [5.41, 5.74) is 3.18. The summed E-state index contributed by atoms with van der Waals surface area (Å²) in [7, 11) is 4.72. The van der Waals surface area contributed by atoms with Gasteiger partial charge in [-0.15, -0.1) is 0 Å². The third kappa shape index (κ3) is 4.27. The Kier molecular flexibility index (Phi) is 6.07. The van der Waals surface area contributed by atoms with Crippen LogP contribution in [0.1, 0.15) is 10.4 Å². The topological polar surface area (TPSA) is 74.6 Å². The molecule has 0 radical (unpaired) electrons. The van der Waals surface area contributed by atoms with E-state index in [1.807, 2.05) is 54.6 Å². The van der Waals surface area contributed by atoms with Crippen LogP contribution in [-0.2, 0) is 0 Å². The maximum absolute atomic E-state index is 13.3. The van der Waals surface area contributed by atoms with Crippen molar-refractivity contribution in [3.63, 3.8) is 0 Å². The average Bonchev–Trinajstić information content (AvgIpc) is 3.30. The van der Waals surface area contributed by atoms with Crippen molar-refractivity contribution in [1.29, 1.82) is 0 Å². The Morgan fingerprint density at radius 3 is 2.34 bits per heavy atom. The van der Waals surface area contributed by atoms with Gasteiger partial charge in [-0.25, -0.2) is 4.68 Å². The third-order valence-corrected chi connectivity index (χ3v) is 4.96. The van der Waals surface area contributed by atoms with Gasteiger partial charge in [-0.1, -0.05) is 30.3 Å². The molecule has 1 aromatic heterocycles. The van der Waals surface area contributed by atoms with E-state index in [2.05, 4.69) is 5.32 Å². The number of hydrogen-bond donors (Lipinski definition) is 1. The van der Waals surface area contributed by atoms with Gasteiger partial charge in [0.1, 0.15) is 11.4 Å². The first-order chi connectivity index (χ1) is 15.6. The number of anilines is 1. The first-order valence-electron chi connectivity index (χ1n) is 9.96. The number of nitrogens with one attached hydrogen (secondary N) is 1. The molecule has 1 heterocycles. The Balaban J connectivity index is 1.74. The van der Waals surface area contributed by atoms with Crippen LogP contribution in [0.4, 0.5) is 5.69 Å². The smallest absolute Gasteiger partial charge is 0.259 e. The highest BCUT2D eigenvalue weighted by atomic mass is 16.5. The Hall–Kier alpha value is -4.26. The molecule has 0 atom stereocenters. The number of carbonyl (C=O) groups excluding carboxylic acids is 1. The lowest BCUT2D eigenvalue weighted by Crippen LogP contribution is -2.12. The van der Waals surface area contributed by atoms with Crippen LogP contribution in [0.25, 0.3) is 16.9 Å². The van der Waals surface area contributed by atoms with E-state index in [1.165, 1.54) is 0 Å². The van der Waals surface area contributed by atoms with Crippen molar-refractivity contribution in [2.24, 2.45) is 0 Å². The normalized spacial score (nSPS) is 10.5. The Bertz CT molecular complexity index is 1240. The minimum Gasteiger partial charge on any atom is -0.497 e. The van der Waals surface area contributed by atoms with Gasteiger partial charge >= 0.3 is 0 Å². The maximum Gasteiger partial charge on any atom is 0.259 e. The van der Waals surface area contributed by atoms with Crippen molar-refractivity contribution in [1.82, 2.24) is 9.78 Å². The van der Waals surface area contributed by atoms with Crippen molar-refractivity contribution < 1.29 is 19.0 Å². The molecule has 0 aliphatic rings. The van der Waals surface area contributed by atoms with E-state index in [1.54, 1.807) is 50.4 Å². The highest BCUT2D eigenvalue weighted by molar-refractivity contribution is 6.08. The van der Waals surface area contributed by atoms with Gasteiger partial charge in [-0.3, -0.25) is 4.79 Å². The number of nitrogens with zero attached hydrogens (tertiary/aromatic N) is 2. The van der Waals surface area contributed by atoms with E-state index in [4.69, 9.17) is 19.3 Å². The second-order valence-corrected chi connectivity index (χ2v) is 6.93. The highest BCUT2D eigenvalue weighted by Crippen LogP contribution is 2.31. The molecule has 32 heavy (non-hydrogen) atoms. The fourth-order valence-corrected chi connectivity index (χ4v) is 3.35. The molecule has 0 bridgehead atoms. The predicted molar refractivity (Wildman–Crippen MR) is 123 cm³/mol. The second-order valence-electron chi connectivity index (χ2n) is 6.93. The third-order valence-electron chi connectivity index (χ3n) is 4.96. The lowest BCUT2D eigenvalue weighted by atomic mass is 10.1. The van der Waals surface area contributed by atoms with Gasteiger partial charge in [-0.05, 0) is 36.4 Å². The summed E-state index contributed by atoms with van der Waals surface area (Å²) in [6, 6.07) is 22.3. The molecular weight excluding hydrogens is 406 g/mol. The number of aromatic nitrogens is 2. The van der Waals surface area contributed by atoms with E-state index in [0.717, 1.165) is 11.3 Å². The summed E-state index contributed by atoms with van der Waals surface area (Å²) < 4.78 is 17.7. The molecule has 0 saturated heterocycles. The lowest BCUT2D eigenvalue weighted by molar-refractivity contribution is 0.102. The van der Waals surface area contributed by atoms with Gasteiger partial charge < -0.3 is 19.5 Å². The van der Waals surface area contributed by atoms with Crippen molar-refractivity contribution >= 4 is 11.6 Å². The highest BCUT2D eigenvalue weighted by Gasteiger charge is 2.20. The summed E-state index contributed by atoms with van der Waals surface area (Å²) in [5, 5.41) is 7.63. The molecule has 162 valence electrons. The van der Waals surface area contributed by atoms with Gasteiger partial charge in [-0.2, -0.15) is 5.10 Å². The summed E-state index contributed by atoms with van der Waals surface area (Å²) in [5.74, 6) is 1.50. The van der Waals surface area contributed by atoms with Gasteiger partial charge in [0.05, 0.1) is 32.6 Å². The Morgan fingerprint density at radius 1 is 0.844 bits per heavy atom. The number of hydrogen-bond acceptors (Lipinski definition) is 5. The monoisotopic (exact) mass is 429 g/mol. The molecule has 4 rings (SSSR count). The molecule has 0 fully saturated rings. The first kappa shape index (κ1) is 21.0. The van der Waals surface area contributed by atoms with Gasteiger partial charge in [0, 0.05) is 23.5 Å².